The van der Waals surface area contributed by atoms with Crippen molar-refractivity contribution in [1.29, 1.82) is 0 Å². The fourth-order valence-corrected chi connectivity index (χ4v) is 1.12. The molecular weight excluding hydrogens is 184 g/mol. The minimum absolute atomic E-state index is 0.201. The normalized spacial score (nSPS) is 15.1. The summed E-state index contributed by atoms with van der Waals surface area (Å²) >= 11 is 0. The molecule has 0 aliphatic heterocycles. The fraction of sp³-hybridized carbons (Fsp3) is 0.444. The van der Waals surface area contributed by atoms with E-state index in [4.69, 9.17) is 4.74 Å². The van der Waals surface area contributed by atoms with Crippen LogP contribution in [0.1, 0.15) is 12.8 Å². The zero-order chi connectivity index (χ0) is 9.97. The second-order valence-corrected chi connectivity index (χ2v) is 3.34. The summed E-state index contributed by atoms with van der Waals surface area (Å²) in [5.74, 6) is 0.646. The lowest BCUT2D eigenvalue weighted by molar-refractivity contribution is -0.390. The van der Waals surface area contributed by atoms with Gasteiger partial charge >= 0.3 is 5.82 Å². The highest BCUT2D eigenvalue weighted by atomic mass is 16.6. The average Bonchev–Trinajstić information content (AvgIpc) is 2.98. The molecule has 0 aromatic carbocycles. The number of nitro groups is 1. The van der Waals surface area contributed by atoms with Gasteiger partial charge in [-0.1, -0.05) is 0 Å². The van der Waals surface area contributed by atoms with E-state index in [0.717, 1.165) is 12.8 Å². The molecule has 1 heterocycles. The Bertz CT molecular complexity index is 350. The molecule has 0 radical (unpaired) electrons. The van der Waals surface area contributed by atoms with Crippen LogP contribution in [0.4, 0.5) is 5.82 Å². The summed E-state index contributed by atoms with van der Waals surface area (Å²) in [7, 11) is 0. The Hall–Kier alpha value is -1.65. The van der Waals surface area contributed by atoms with Gasteiger partial charge in [0.15, 0.2) is 0 Å². The number of hydrogen-bond donors (Lipinski definition) is 0. The summed E-state index contributed by atoms with van der Waals surface area (Å²) in [4.78, 5) is 13.7. The molecule has 1 aliphatic rings. The van der Waals surface area contributed by atoms with Crippen molar-refractivity contribution in [2.75, 3.05) is 6.61 Å². The van der Waals surface area contributed by atoms with E-state index in [0.29, 0.717) is 12.5 Å². The maximum Gasteiger partial charge on any atom is 0.406 e. The largest absolute Gasteiger partial charge is 0.485 e. The van der Waals surface area contributed by atoms with E-state index in [1.807, 2.05) is 0 Å². The molecule has 0 atom stereocenters. The Labute approximate surface area is 80.9 Å². The SMILES string of the molecule is O=[N+]([O-])c1ncccc1OCC1CC1. The van der Waals surface area contributed by atoms with Crippen LogP contribution in [0.2, 0.25) is 0 Å². The molecule has 0 spiro atoms. The molecule has 2 rings (SSSR count). The molecular formula is C9H10N2O3. The number of nitrogens with zero attached hydrogens (tertiary/aromatic N) is 2. The van der Waals surface area contributed by atoms with Crippen molar-refractivity contribution in [3.63, 3.8) is 0 Å². The highest BCUT2D eigenvalue weighted by Crippen LogP contribution is 2.31. The highest BCUT2D eigenvalue weighted by Gasteiger charge is 2.24. The zero-order valence-corrected chi connectivity index (χ0v) is 7.55. The predicted octanol–water partition coefficient (Wildman–Crippen LogP) is 1.78. The van der Waals surface area contributed by atoms with E-state index in [1.165, 1.54) is 6.20 Å². The molecule has 0 bridgehead atoms. The van der Waals surface area contributed by atoms with Crippen LogP contribution in [-0.2, 0) is 0 Å². The molecule has 14 heavy (non-hydrogen) atoms. The van der Waals surface area contributed by atoms with E-state index in [1.54, 1.807) is 12.1 Å². The first-order chi connectivity index (χ1) is 6.77. The van der Waals surface area contributed by atoms with Crippen LogP contribution in [0.15, 0.2) is 18.3 Å². The first kappa shape index (κ1) is 8.93. The van der Waals surface area contributed by atoms with Crippen LogP contribution < -0.4 is 4.74 Å². The highest BCUT2D eigenvalue weighted by molar-refractivity contribution is 5.38. The van der Waals surface area contributed by atoms with Crippen molar-refractivity contribution in [3.8, 4) is 5.75 Å². The Kier molecular flexibility index (Phi) is 2.30. The molecule has 5 heteroatoms. The summed E-state index contributed by atoms with van der Waals surface area (Å²) in [6.45, 7) is 0.562. The van der Waals surface area contributed by atoms with Crippen LogP contribution in [0, 0.1) is 16.0 Å². The van der Waals surface area contributed by atoms with Gasteiger partial charge in [-0.15, -0.1) is 0 Å². The minimum atomic E-state index is -0.526. The zero-order valence-electron chi connectivity index (χ0n) is 7.55. The summed E-state index contributed by atoms with van der Waals surface area (Å²) in [6.07, 6.45) is 3.71. The lowest BCUT2D eigenvalue weighted by Crippen LogP contribution is -2.02. The van der Waals surface area contributed by atoms with Gasteiger partial charge in [-0.25, -0.2) is 0 Å². The molecule has 0 N–H and O–H groups in total. The Morgan fingerprint density at radius 1 is 1.64 bits per heavy atom. The Balaban J connectivity index is 2.09. The Morgan fingerprint density at radius 3 is 3.07 bits per heavy atom. The second-order valence-electron chi connectivity index (χ2n) is 3.34. The Morgan fingerprint density at radius 2 is 2.43 bits per heavy atom. The van der Waals surface area contributed by atoms with E-state index in [-0.39, 0.29) is 11.6 Å². The molecule has 0 saturated heterocycles. The minimum Gasteiger partial charge on any atom is -0.485 e. The van der Waals surface area contributed by atoms with Crippen LogP contribution in [-0.4, -0.2) is 16.5 Å². The lowest BCUT2D eigenvalue weighted by atomic mass is 10.4. The van der Waals surface area contributed by atoms with E-state index in [9.17, 15) is 10.1 Å². The van der Waals surface area contributed by atoms with E-state index in [2.05, 4.69) is 4.98 Å². The van der Waals surface area contributed by atoms with E-state index >= 15 is 0 Å². The van der Waals surface area contributed by atoms with Gasteiger partial charge in [0.2, 0.25) is 5.75 Å². The fourth-order valence-electron chi connectivity index (χ4n) is 1.12. The first-order valence-electron chi connectivity index (χ1n) is 4.49. The predicted molar refractivity (Wildman–Crippen MR) is 49.1 cm³/mol. The topological polar surface area (TPSA) is 65.3 Å². The summed E-state index contributed by atoms with van der Waals surface area (Å²) < 4.78 is 5.32. The number of hydrogen-bond acceptors (Lipinski definition) is 4. The molecule has 1 fully saturated rings. The van der Waals surface area contributed by atoms with Crippen molar-refractivity contribution < 1.29 is 9.66 Å². The average molecular weight is 194 g/mol. The number of aromatic nitrogens is 1. The molecule has 0 unspecified atom stereocenters. The van der Waals surface area contributed by atoms with Gasteiger partial charge in [0.05, 0.1) is 6.61 Å². The van der Waals surface area contributed by atoms with Crippen molar-refractivity contribution in [2.45, 2.75) is 12.8 Å². The van der Waals surface area contributed by atoms with Crippen LogP contribution in [0.5, 0.6) is 5.75 Å². The number of pyridine rings is 1. The van der Waals surface area contributed by atoms with Gasteiger partial charge in [0.25, 0.3) is 0 Å². The van der Waals surface area contributed by atoms with Crippen molar-refractivity contribution in [3.05, 3.63) is 28.4 Å². The van der Waals surface area contributed by atoms with Crippen LogP contribution in [0.3, 0.4) is 0 Å². The van der Waals surface area contributed by atoms with Crippen molar-refractivity contribution >= 4 is 5.82 Å². The lowest BCUT2D eigenvalue weighted by Gasteiger charge is -2.03. The van der Waals surface area contributed by atoms with E-state index < -0.39 is 4.92 Å². The van der Waals surface area contributed by atoms with Crippen LogP contribution >= 0.6 is 0 Å². The van der Waals surface area contributed by atoms with Crippen molar-refractivity contribution in [1.82, 2.24) is 4.98 Å². The summed E-state index contributed by atoms with van der Waals surface area (Å²) in [5, 5.41) is 10.5. The third-order valence-electron chi connectivity index (χ3n) is 2.10. The maximum atomic E-state index is 10.5. The number of ether oxygens (including phenoxy) is 1. The van der Waals surface area contributed by atoms with Gasteiger partial charge < -0.3 is 14.9 Å². The van der Waals surface area contributed by atoms with Gasteiger partial charge in [0.1, 0.15) is 6.20 Å². The molecule has 5 nitrogen and oxygen atoms in total. The molecule has 1 aromatic heterocycles. The molecule has 1 saturated carbocycles. The number of rotatable bonds is 4. The quantitative estimate of drug-likeness (QED) is 0.541. The summed E-state index contributed by atoms with van der Waals surface area (Å²) in [5.41, 5.74) is 0. The van der Waals surface area contributed by atoms with Crippen molar-refractivity contribution in [2.24, 2.45) is 5.92 Å². The monoisotopic (exact) mass is 194 g/mol. The summed E-state index contributed by atoms with van der Waals surface area (Å²) in [6, 6.07) is 3.21. The third-order valence-corrected chi connectivity index (χ3v) is 2.10. The first-order valence-corrected chi connectivity index (χ1v) is 4.49. The van der Waals surface area contributed by atoms with Gasteiger partial charge in [-0.3, -0.25) is 0 Å². The van der Waals surface area contributed by atoms with Gasteiger partial charge in [-0.05, 0) is 40.8 Å². The van der Waals surface area contributed by atoms with Gasteiger partial charge in [0, 0.05) is 0 Å². The van der Waals surface area contributed by atoms with Crippen LogP contribution in [0.25, 0.3) is 0 Å². The molecule has 1 aromatic rings. The smallest absolute Gasteiger partial charge is 0.406 e. The molecule has 0 amide bonds. The molecule has 1 aliphatic carbocycles. The third kappa shape index (κ3) is 1.99. The maximum absolute atomic E-state index is 10.5. The standard InChI is InChI=1S/C9H10N2O3/c12-11(13)9-8(2-1-5-10-9)14-6-7-3-4-7/h1-2,5,7H,3-4,6H2. The molecule has 74 valence electrons. The second kappa shape index (κ2) is 3.61. The van der Waals surface area contributed by atoms with Gasteiger partial charge in [-0.2, -0.15) is 0 Å².